The molecule has 0 saturated carbocycles. The summed E-state index contributed by atoms with van der Waals surface area (Å²) >= 11 is 0. The van der Waals surface area contributed by atoms with E-state index in [0.717, 1.165) is 0 Å². The second kappa shape index (κ2) is 9.13. The number of carbonyl (C=O) groups is 2. The fourth-order valence-corrected chi connectivity index (χ4v) is 1.20. The van der Waals surface area contributed by atoms with E-state index >= 15 is 0 Å². The van der Waals surface area contributed by atoms with Crippen molar-refractivity contribution in [2.24, 2.45) is 11.5 Å². The number of primary amides is 2. The van der Waals surface area contributed by atoms with Crippen molar-refractivity contribution in [3.63, 3.8) is 0 Å². The monoisotopic (exact) mass is 268 g/mol. The smallest absolute Gasteiger partial charge is 1.00 e. The Morgan fingerprint density at radius 2 is 0.947 bits per heavy atom. The molecule has 0 fully saturated rings. The Hall–Kier alpha value is -1.85. The van der Waals surface area contributed by atoms with Gasteiger partial charge in [0.1, 0.15) is 0 Å². The van der Waals surface area contributed by atoms with Crippen LogP contribution < -0.4 is 11.5 Å². The molecule has 0 unspecified atom stereocenters. The second-order valence-corrected chi connectivity index (χ2v) is 3.46. The summed E-state index contributed by atoms with van der Waals surface area (Å²) in [5, 5.41) is 0. The van der Waals surface area contributed by atoms with Crippen molar-refractivity contribution in [1.29, 1.82) is 0 Å². The molecule has 5 heteroatoms. The van der Waals surface area contributed by atoms with Crippen molar-refractivity contribution in [1.82, 2.24) is 0 Å². The van der Waals surface area contributed by atoms with Gasteiger partial charge >= 0.3 is 23.1 Å². The topological polar surface area (TPSA) is 86.2 Å². The van der Waals surface area contributed by atoms with Crippen LogP contribution in [0.5, 0.6) is 0 Å². The van der Waals surface area contributed by atoms with E-state index in [-0.39, 0.29) is 37.7 Å². The molecular weight excluding hydrogens is 252 g/mol. The first kappa shape index (κ1) is 17.1. The summed E-state index contributed by atoms with van der Waals surface area (Å²) in [6, 6.07) is 17.5. The Morgan fingerprint density at radius 1 is 0.684 bits per heavy atom. The van der Waals surface area contributed by atoms with Crippen molar-refractivity contribution in [3.05, 3.63) is 71.8 Å². The van der Waals surface area contributed by atoms with Gasteiger partial charge in [-0.3, -0.25) is 9.59 Å². The van der Waals surface area contributed by atoms with E-state index in [1.165, 1.54) is 0 Å². The van der Waals surface area contributed by atoms with Crippen LogP contribution in [0.4, 0.5) is 0 Å². The number of benzene rings is 2. The van der Waals surface area contributed by atoms with Crippen molar-refractivity contribution in [3.8, 4) is 0 Å². The summed E-state index contributed by atoms with van der Waals surface area (Å²) in [5.41, 5.74) is 11.1. The molecule has 2 amide bonds. The molecule has 19 heavy (non-hydrogen) atoms. The van der Waals surface area contributed by atoms with Gasteiger partial charge in [0.05, 0.1) is 0 Å². The fourth-order valence-electron chi connectivity index (χ4n) is 1.20. The van der Waals surface area contributed by atoms with Gasteiger partial charge in [-0.2, -0.15) is 0 Å². The second-order valence-electron chi connectivity index (χ2n) is 3.46. The van der Waals surface area contributed by atoms with E-state index in [4.69, 9.17) is 11.5 Å². The molecule has 0 aliphatic rings. The van der Waals surface area contributed by atoms with Crippen molar-refractivity contribution >= 4 is 34.9 Å². The van der Waals surface area contributed by atoms with E-state index in [2.05, 4.69) is 0 Å². The van der Waals surface area contributed by atoms with Crippen LogP contribution in [0.3, 0.4) is 0 Å². The Kier molecular flexibility index (Phi) is 8.24. The predicted octanol–water partition coefficient (Wildman–Crippen LogP) is 1.42. The maximum absolute atomic E-state index is 10.4. The van der Waals surface area contributed by atoms with Crippen molar-refractivity contribution in [2.45, 2.75) is 0 Å². The minimum absolute atomic E-state index is 0. The largest absolute Gasteiger partial charge is 2.00 e. The van der Waals surface area contributed by atoms with Crippen LogP contribution >= 0.6 is 0 Å². The summed E-state index contributed by atoms with van der Waals surface area (Å²) in [6.07, 6.45) is 0. The number of carbonyl (C=O) groups excluding carboxylic acids is 2. The molecule has 2 aromatic carbocycles. The summed E-state index contributed by atoms with van der Waals surface area (Å²) in [4.78, 5) is 20.8. The van der Waals surface area contributed by atoms with Gasteiger partial charge < -0.3 is 14.3 Å². The van der Waals surface area contributed by atoms with Gasteiger partial charge in [-0.05, 0) is 24.3 Å². The molecule has 0 radical (unpaired) electrons. The van der Waals surface area contributed by atoms with Crippen molar-refractivity contribution in [2.75, 3.05) is 0 Å². The molecule has 0 heterocycles. The van der Waals surface area contributed by atoms with E-state index in [1.54, 1.807) is 48.5 Å². The molecule has 0 bridgehead atoms. The Balaban J connectivity index is -0.000000270. The summed E-state index contributed by atoms with van der Waals surface area (Å²) < 4.78 is 0. The molecule has 4 N–H and O–H groups in total. The Labute approximate surface area is 130 Å². The SMILES string of the molecule is NC(=O)c1ccccc1.NC(=O)c1ccccc1.[H-].[H-].[Mg+2]. The van der Waals surface area contributed by atoms with E-state index in [9.17, 15) is 9.59 Å². The van der Waals surface area contributed by atoms with Gasteiger partial charge in [0, 0.05) is 11.1 Å². The van der Waals surface area contributed by atoms with Gasteiger partial charge in [-0.25, -0.2) is 0 Å². The number of hydrogen-bond acceptors (Lipinski definition) is 2. The minimum Gasteiger partial charge on any atom is -1.00 e. The Bertz CT molecular complexity index is 476. The molecule has 0 saturated heterocycles. The average Bonchev–Trinajstić information content (AvgIpc) is 2.41. The maximum atomic E-state index is 10.4. The number of rotatable bonds is 2. The molecule has 0 aliphatic carbocycles. The summed E-state index contributed by atoms with van der Waals surface area (Å²) in [6.45, 7) is 0. The van der Waals surface area contributed by atoms with Crippen LogP contribution in [0.2, 0.25) is 0 Å². The molecule has 4 nitrogen and oxygen atoms in total. The number of hydrogen-bond donors (Lipinski definition) is 2. The van der Waals surface area contributed by atoms with E-state index in [0.29, 0.717) is 11.1 Å². The Morgan fingerprint density at radius 3 is 1.11 bits per heavy atom. The van der Waals surface area contributed by atoms with Crippen LogP contribution in [0, 0.1) is 0 Å². The fraction of sp³-hybridized carbons (Fsp3) is 0. The van der Waals surface area contributed by atoms with Crippen molar-refractivity contribution < 1.29 is 12.4 Å². The number of nitrogens with two attached hydrogens (primary N) is 2. The summed E-state index contributed by atoms with van der Waals surface area (Å²) in [5.74, 6) is -0.758. The molecule has 2 rings (SSSR count). The standard InChI is InChI=1S/2C7H7NO.Mg.2H/c2*8-7(9)6-4-2-1-3-5-6;;;/h2*1-5H,(H2,8,9);;;/q;;+2;2*-1. The normalized spacial score (nSPS) is 8.42. The first-order valence-electron chi connectivity index (χ1n) is 5.31. The third-order valence-electron chi connectivity index (χ3n) is 2.12. The van der Waals surface area contributed by atoms with Gasteiger partial charge in [-0.15, -0.1) is 0 Å². The van der Waals surface area contributed by atoms with Gasteiger partial charge in [-0.1, -0.05) is 36.4 Å². The van der Waals surface area contributed by atoms with E-state index < -0.39 is 0 Å². The third kappa shape index (κ3) is 6.59. The minimum atomic E-state index is -0.379. The maximum Gasteiger partial charge on any atom is 2.00 e. The molecule has 0 spiro atoms. The molecular formula is C14H16MgN2O2. The van der Waals surface area contributed by atoms with Gasteiger partial charge in [0.25, 0.3) is 0 Å². The third-order valence-corrected chi connectivity index (χ3v) is 2.12. The molecule has 96 valence electrons. The zero-order valence-electron chi connectivity index (χ0n) is 12.5. The molecule has 2 aromatic rings. The first-order chi connectivity index (χ1) is 8.61. The zero-order chi connectivity index (χ0) is 13.4. The zero-order valence-corrected chi connectivity index (χ0v) is 11.9. The van der Waals surface area contributed by atoms with Crippen LogP contribution in [0.15, 0.2) is 60.7 Å². The first-order valence-corrected chi connectivity index (χ1v) is 5.31. The van der Waals surface area contributed by atoms with Gasteiger partial charge in [0.15, 0.2) is 0 Å². The summed E-state index contributed by atoms with van der Waals surface area (Å²) in [7, 11) is 0. The van der Waals surface area contributed by atoms with Gasteiger partial charge in [0.2, 0.25) is 11.8 Å². The van der Waals surface area contributed by atoms with Crippen LogP contribution in [-0.4, -0.2) is 34.9 Å². The van der Waals surface area contributed by atoms with Crippen LogP contribution in [0.25, 0.3) is 0 Å². The van der Waals surface area contributed by atoms with Crippen LogP contribution in [-0.2, 0) is 0 Å². The average molecular weight is 269 g/mol. The molecule has 0 atom stereocenters. The number of amides is 2. The molecule has 0 aliphatic heterocycles. The predicted molar refractivity (Wildman–Crippen MR) is 77.9 cm³/mol. The molecule has 0 aromatic heterocycles. The van der Waals surface area contributed by atoms with Crippen LogP contribution in [0.1, 0.15) is 23.6 Å². The quantitative estimate of drug-likeness (QED) is 0.807. The van der Waals surface area contributed by atoms with E-state index in [1.807, 2.05) is 12.1 Å².